The van der Waals surface area contributed by atoms with Crippen LogP contribution in [0.4, 0.5) is 0 Å². The summed E-state index contributed by atoms with van der Waals surface area (Å²) < 4.78 is 31.8. The average Bonchev–Trinajstić information content (AvgIpc) is 2.83. The van der Waals surface area contributed by atoms with Crippen LogP contribution in [0.1, 0.15) is 17.3 Å². The predicted molar refractivity (Wildman–Crippen MR) is 121 cm³/mol. The molecule has 1 atom stereocenters. The summed E-state index contributed by atoms with van der Waals surface area (Å²) in [6.07, 6.45) is 0. The molecule has 2 amide bonds. The van der Waals surface area contributed by atoms with Crippen molar-refractivity contribution in [1.82, 2.24) is 14.5 Å². The van der Waals surface area contributed by atoms with Crippen LogP contribution in [0.15, 0.2) is 59.5 Å². The number of hydrogen-bond donors (Lipinski definition) is 1. The van der Waals surface area contributed by atoms with E-state index in [4.69, 9.17) is 16.3 Å². The molecule has 1 heterocycles. The summed E-state index contributed by atoms with van der Waals surface area (Å²) in [5.41, 5.74) is 0.402. The second-order valence-corrected chi connectivity index (χ2v) is 9.78. The van der Waals surface area contributed by atoms with Gasteiger partial charge in [-0.1, -0.05) is 29.8 Å². The van der Waals surface area contributed by atoms with Crippen LogP contribution in [0.3, 0.4) is 0 Å². The summed E-state index contributed by atoms with van der Waals surface area (Å²) in [5, 5.41) is 2.96. The maximum atomic E-state index is 12.7. The largest absolute Gasteiger partial charge is 0.454 e. The third-order valence-electron chi connectivity index (χ3n) is 5.12. The van der Waals surface area contributed by atoms with E-state index in [-0.39, 0.29) is 31.1 Å². The number of rotatable bonds is 7. The Morgan fingerprint density at radius 2 is 1.61 bits per heavy atom. The van der Waals surface area contributed by atoms with Gasteiger partial charge in [0.1, 0.15) is 6.04 Å². The van der Waals surface area contributed by atoms with Gasteiger partial charge in [-0.2, -0.15) is 4.31 Å². The molecule has 11 heteroatoms. The van der Waals surface area contributed by atoms with Gasteiger partial charge in [-0.25, -0.2) is 13.2 Å². The standard InChI is InChI=1S/C22H24ClN3O6S/c1-16(24-21(28)17-5-3-2-4-6-17)22(29)32-15-20(27)25-11-13-26(14-12-25)33(30,31)19-9-7-18(23)8-10-19/h2-10,16H,11-15H2,1H3,(H,24,28)/t16-/m0/s1. The lowest BCUT2D eigenvalue weighted by Crippen LogP contribution is -2.51. The number of nitrogens with zero attached hydrogens (tertiary/aromatic N) is 2. The number of ether oxygens (including phenoxy) is 1. The Kier molecular flexibility index (Phi) is 8.06. The Labute approximate surface area is 197 Å². The molecule has 2 aromatic carbocycles. The Balaban J connectivity index is 1.45. The molecule has 1 saturated heterocycles. The minimum atomic E-state index is -3.69. The summed E-state index contributed by atoms with van der Waals surface area (Å²) in [4.78, 5) is 38.3. The first-order valence-corrected chi connectivity index (χ1v) is 12.1. The quantitative estimate of drug-likeness (QED) is 0.585. The number of carbonyl (C=O) groups is 3. The fourth-order valence-electron chi connectivity index (χ4n) is 3.21. The molecule has 0 saturated carbocycles. The maximum absolute atomic E-state index is 12.7. The Morgan fingerprint density at radius 3 is 2.21 bits per heavy atom. The van der Waals surface area contributed by atoms with E-state index in [1.165, 1.54) is 40.4 Å². The van der Waals surface area contributed by atoms with Crippen LogP contribution < -0.4 is 5.32 Å². The molecule has 1 aliphatic rings. The van der Waals surface area contributed by atoms with E-state index in [1.54, 1.807) is 30.3 Å². The summed E-state index contributed by atoms with van der Waals surface area (Å²) >= 11 is 5.82. The van der Waals surface area contributed by atoms with Gasteiger partial charge in [0.2, 0.25) is 10.0 Å². The highest BCUT2D eigenvalue weighted by Crippen LogP contribution is 2.20. The first kappa shape index (κ1) is 24.7. The molecular weight excluding hydrogens is 470 g/mol. The minimum Gasteiger partial charge on any atom is -0.454 e. The van der Waals surface area contributed by atoms with E-state index in [1.807, 2.05) is 0 Å². The average molecular weight is 494 g/mol. The van der Waals surface area contributed by atoms with Gasteiger partial charge in [0.15, 0.2) is 6.61 Å². The van der Waals surface area contributed by atoms with Gasteiger partial charge in [0, 0.05) is 36.8 Å². The van der Waals surface area contributed by atoms with Gasteiger partial charge in [-0.15, -0.1) is 0 Å². The van der Waals surface area contributed by atoms with Gasteiger partial charge in [-0.05, 0) is 43.3 Å². The topological polar surface area (TPSA) is 113 Å². The van der Waals surface area contributed by atoms with Crippen molar-refractivity contribution in [3.05, 3.63) is 65.2 Å². The smallest absolute Gasteiger partial charge is 0.328 e. The molecule has 0 aliphatic carbocycles. The summed E-state index contributed by atoms with van der Waals surface area (Å²) in [6.45, 7) is 1.55. The van der Waals surface area contributed by atoms with E-state index in [9.17, 15) is 22.8 Å². The Morgan fingerprint density at radius 1 is 1.00 bits per heavy atom. The zero-order valence-corrected chi connectivity index (χ0v) is 19.5. The molecule has 33 heavy (non-hydrogen) atoms. The number of nitrogens with one attached hydrogen (secondary N) is 1. The minimum absolute atomic E-state index is 0.119. The summed E-state index contributed by atoms with van der Waals surface area (Å²) in [5.74, 6) is -1.60. The lowest BCUT2D eigenvalue weighted by molar-refractivity contribution is -0.153. The lowest BCUT2D eigenvalue weighted by atomic mass is 10.2. The Hall–Kier alpha value is -2.95. The first-order valence-electron chi connectivity index (χ1n) is 10.2. The van der Waals surface area contributed by atoms with Crippen LogP contribution in [0, 0.1) is 0 Å². The number of piperazine rings is 1. The number of benzene rings is 2. The number of esters is 1. The molecule has 0 radical (unpaired) electrons. The molecule has 176 valence electrons. The molecular formula is C22H24ClN3O6S. The highest BCUT2D eigenvalue weighted by molar-refractivity contribution is 7.89. The van der Waals surface area contributed by atoms with Crippen molar-refractivity contribution >= 4 is 39.4 Å². The number of carbonyl (C=O) groups excluding carboxylic acids is 3. The maximum Gasteiger partial charge on any atom is 0.328 e. The zero-order chi connectivity index (χ0) is 24.0. The molecule has 3 rings (SSSR count). The normalized spacial score (nSPS) is 15.5. The van der Waals surface area contributed by atoms with Crippen molar-refractivity contribution in [2.75, 3.05) is 32.8 Å². The molecule has 1 aliphatic heterocycles. The molecule has 0 bridgehead atoms. The third kappa shape index (κ3) is 6.31. The van der Waals surface area contributed by atoms with Gasteiger partial charge in [-0.3, -0.25) is 9.59 Å². The van der Waals surface area contributed by atoms with Crippen LogP contribution in [-0.4, -0.2) is 74.2 Å². The SMILES string of the molecule is C[C@H](NC(=O)c1ccccc1)C(=O)OCC(=O)N1CCN(S(=O)(=O)c2ccc(Cl)cc2)CC1. The van der Waals surface area contributed by atoms with Gasteiger partial charge < -0.3 is 15.0 Å². The fraction of sp³-hybridized carbons (Fsp3) is 0.318. The van der Waals surface area contributed by atoms with Crippen LogP contribution in [0.2, 0.25) is 5.02 Å². The molecule has 2 aromatic rings. The highest BCUT2D eigenvalue weighted by atomic mass is 35.5. The number of hydrogen-bond acceptors (Lipinski definition) is 6. The van der Waals surface area contributed by atoms with Gasteiger partial charge in [0.05, 0.1) is 4.90 Å². The molecule has 0 unspecified atom stereocenters. The van der Waals surface area contributed by atoms with Crippen molar-refractivity contribution in [2.45, 2.75) is 17.9 Å². The van der Waals surface area contributed by atoms with Crippen LogP contribution in [0.25, 0.3) is 0 Å². The number of halogens is 1. The van der Waals surface area contributed by atoms with Crippen molar-refractivity contribution in [3.63, 3.8) is 0 Å². The van der Waals surface area contributed by atoms with Crippen molar-refractivity contribution in [2.24, 2.45) is 0 Å². The van der Waals surface area contributed by atoms with Crippen molar-refractivity contribution in [3.8, 4) is 0 Å². The molecule has 1 N–H and O–H groups in total. The van der Waals surface area contributed by atoms with Crippen molar-refractivity contribution < 1.29 is 27.5 Å². The second-order valence-electron chi connectivity index (χ2n) is 7.41. The van der Waals surface area contributed by atoms with E-state index in [2.05, 4.69) is 5.32 Å². The first-order chi connectivity index (χ1) is 15.7. The fourth-order valence-corrected chi connectivity index (χ4v) is 4.76. The molecule has 9 nitrogen and oxygen atoms in total. The molecule has 0 spiro atoms. The molecule has 0 aromatic heterocycles. The molecule has 1 fully saturated rings. The van der Waals surface area contributed by atoms with E-state index < -0.39 is 40.5 Å². The van der Waals surface area contributed by atoms with Crippen LogP contribution in [0.5, 0.6) is 0 Å². The second kappa shape index (κ2) is 10.8. The van der Waals surface area contributed by atoms with Crippen LogP contribution in [-0.2, 0) is 24.3 Å². The van der Waals surface area contributed by atoms with E-state index in [0.717, 1.165) is 0 Å². The Bertz CT molecular complexity index is 1100. The summed E-state index contributed by atoms with van der Waals surface area (Å²) in [7, 11) is -3.69. The summed E-state index contributed by atoms with van der Waals surface area (Å²) in [6, 6.07) is 13.4. The number of amides is 2. The van der Waals surface area contributed by atoms with Gasteiger partial charge >= 0.3 is 5.97 Å². The third-order valence-corrected chi connectivity index (χ3v) is 7.28. The van der Waals surface area contributed by atoms with Crippen molar-refractivity contribution in [1.29, 1.82) is 0 Å². The van der Waals surface area contributed by atoms with E-state index >= 15 is 0 Å². The van der Waals surface area contributed by atoms with Crippen LogP contribution >= 0.6 is 11.6 Å². The van der Waals surface area contributed by atoms with E-state index in [0.29, 0.717) is 10.6 Å². The predicted octanol–water partition coefficient (Wildman–Crippen LogP) is 1.53. The zero-order valence-electron chi connectivity index (χ0n) is 17.9. The number of sulfonamides is 1. The monoisotopic (exact) mass is 493 g/mol. The highest BCUT2D eigenvalue weighted by Gasteiger charge is 2.30. The van der Waals surface area contributed by atoms with Gasteiger partial charge in [0.25, 0.3) is 11.8 Å². The lowest BCUT2D eigenvalue weighted by Gasteiger charge is -2.34.